The molecule has 0 saturated heterocycles. The van der Waals surface area contributed by atoms with Crippen LogP contribution in [-0.2, 0) is 11.2 Å². The van der Waals surface area contributed by atoms with Crippen LogP contribution in [0.2, 0.25) is 0 Å². The normalized spacial score (nSPS) is 14.8. The molecule has 1 N–H and O–H groups in total. The first-order chi connectivity index (χ1) is 9.89. The molecule has 0 amide bonds. The first-order valence-corrected chi connectivity index (χ1v) is 6.94. The van der Waals surface area contributed by atoms with Gasteiger partial charge in [-0.15, -0.1) is 13.2 Å². The van der Waals surface area contributed by atoms with Crippen molar-refractivity contribution in [2.45, 2.75) is 44.7 Å². The van der Waals surface area contributed by atoms with Crippen molar-refractivity contribution in [1.29, 1.82) is 0 Å². The van der Waals surface area contributed by atoms with Gasteiger partial charge in [0.05, 0.1) is 6.10 Å². The summed E-state index contributed by atoms with van der Waals surface area (Å²) in [5.41, 5.74) is 0.932. The van der Waals surface area contributed by atoms with Crippen molar-refractivity contribution in [3.8, 4) is 5.75 Å². The van der Waals surface area contributed by atoms with Gasteiger partial charge in [0.2, 0.25) is 0 Å². The van der Waals surface area contributed by atoms with E-state index in [0.29, 0.717) is 6.42 Å². The number of likely N-dealkylation sites (N-methyl/N-ethyl adjacent to an activating group) is 1. The SMILES string of the molecule is CCCC(OC)C(Cc1ccc(OC(F)(F)F)cc1)NC. The van der Waals surface area contributed by atoms with Crippen molar-refractivity contribution in [3.05, 3.63) is 29.8 Å². The van der Waals surface area contributed by atoms with E-state index in [1.807, 2.05) is 7.05 Å². The topological polar surface area (TPSA) is 30.5 Å². The second-order valence-corrected chi connectivity index (χ2v) is 4.85. The molecule has 3 nitrogen and oxygen atoms in total. The Morgan fingerprint density at radius 1 is 1.19 bits per heavy atom. The van der Waals surface area contributed by atoms with Crippen LogP contribution in [0.3, 0.4) is 0 Å². The van der Waals surface area contributed by atoms with E-state index in [4.69, 9.17) is 4.74 Å². The van der Waals surface area contributed by atoms with Crippen LogP contribution < -0.4 is 10.1 Å². The van der Waals surface area contributed by atoms with Gasteiger partial charge in [0.25, 0.3) is 0 Å². The zero-order valence-electron chi connectivity index (χ0n) is 12.5. The maximum Gasteiger partial charge on any atom is 0.573 e. The molecule has 1 aromatic rings. The minimum absolute atomic E-state index is 0.0751. The van der Waals surface area contributed by atoms with Crippen LogP contribution in [-0.4, -0.2) is 32.7 Å². The molecule has 0 aliphatic carbocycles. The molecule has 0 saturated carbocycles. The highest BCUT2D eigenvalue weighted by atomic mass is 19.4. The summed E-state index contributed by atoms with van der Waals surface area (Å²) in [7, 11) is 3.53. The van der Waals surface area contributed by atoms with Crippen molar-refractivity contribution in [3.63, 3.8) is 0 Å². The third kappa shape index (κ3) is 6.35. The predicted molar refractivity (Wildman–Crippen MR) is 75.4 cm³/mol. The summed E-state index contributed by atoms with van der Waals surface area (Å²) in [6.07, 6.45) is -1.96. The van der Waals surface area contributed by atoms with Crippen molar-refractivity contribution >= 4 is 0 Å². The van der Waals surface area contributed by atoms with E-state index in [0.717, 1.165) is 18.4 Å². The molecule has 120 valence electrons. The summed E-state index contributed by atoms with van der Waals surface area (Å²) < 4.78 is 45.6. The maximum absolute atomic E-state index is 12.1. The van der Waals surface area contributed by atoms with Gasteiger partial charge in [0, 0.05) is 13.2 Å². The van der Waals surface area contributed by atoms with Gasteiger partial charge < -0.3 is 14.8 Å². The van der Waals surface area contributed by atoms with Gasteiger partial charge in [0.15, 0.2) is 0 Å². The van der Waals surface area contributed by atoms with Gasteiger partial charge in [-0.05, 0) is 37.6 Å². The second kappa shape index (κ2) is 8.24. The molecule has 0 heterocycles. The Kier molecular flexibility index (Phi) is 6.98. The van der Waals surface area contributed by atoms with Crippen LogP contribution >= 0.6 is 0 Å². The summed E-state index contributed by atoms with van der Waals surface area (Å²) in [5.74, 6) is -0.205. The van der Waals surface area contributed by atoms with E-state index in [1.165, 1.54) is 12.1 Å². The van der Waals surface area contributed by atoms with E-state index in [-0.39, 0.29) is 17.9 Å². The Morgan fingerprint density at radius 3 is 2.24 bits per heavy atom. The quantitative estimate of drug-likeness (QED) is 0.797. The first kappa shape index (κ1) is 17.8. The molecule has 21 heavy (non-hydrogen) atoms. The Balaban J connectivity index is 2.68. The molecule has 2 atom stereocenters. The van der Waals surface area contributed by atoms with Crippen LogP contribution in [0.15, 0.2) is 24.3 Å². The Bertz CT molecular complexity index is 406. The van der Waals surface area contributed by atoms with E-state index < -0.39 is 6.36 Å². The van der Waals surface area contributed by atoms with Gasteiger partial charge in [-0.1, -0.05) is 25.5 Å². The third-order valence-electron chi connectivity index (χ3n) is 3.31. The van der Waals surface area contributed by atoms with E-state index in [1.54, 1.807) is 19.2 Å². The van der Waals surface area contributed by atoms with Crippen LogP contribution in [0, 0.1) is 0 Å². The monoisotopic (exact) mass is 305 g/mol. The highest BCUT2D eigenvalue weighted by molar-refractivity contribution is 5.28. The van der Waals surface area contributed by atoms with Crippen molar-refractivity contribution in [1.82, 2.24) is 5.32 Å². The molecule has 0 aliphatic heterocycles. The van der Waals surface area contributed by atoms with Gasteiger partial charge in [0.1, 0.15) is 5.75 Å². The summed E-state index contributed by atoms with van der Waals surface area (Å²) in [6.45, 7) is 2.09. The lowest BCUT2D eigenvalue weighted by Crippen LogP contribution is -2.40. The zero-order chi connectivity index (χ0) is 15.9. The fourth-order valence-electron chi connectivity index (χ4n) is 2.27. The average Bonchev–Trinajstić information content (AvgIpc) is 2.43. The molecule has 0 fully saturated rings. The standard InChI is InChI=1S/C15H22F3NO2/c1-4-5-14(20-3)13(19-2)10-11-6-8-12(9-7-11)21-15(16,17)18/h6-9,13-14,19H,4-5,10H2,1-3H3. The fraction of sp³-hybridized carbons (Fsp3) is 0.600. The Morgan fingerprint density at radius 2 is 1.81 bits per heavy atom. The molecule has 0 radical (unpaired) electrons. The van der Waals surface area contributed by atoms with E-state index in [2.05, 4.69) is 17.0 Å². The van der Waals surface area contributed by atoms with E-state index >= 15 is 0 Å². The molecule has 6 heteroatoms. The number of benzene rings is 1. The highest BCUT2D eigenvalue weighted by Crippen LogP contribution is 2.23. The minimum Gasteiger partial charge on any atom is -0.406 e. The van der Waals surface area contributed by atoms with Crippen LogP contribution in [0.5, 0.6) is 5.75 Å². The molecule has 0 bridgehead atoms. The van der Waals surface area contributed by atoms with Crippen LogP contribution in [0.1, 0.15) is 25.3 Å². The maximum atomic E-state index is 12.1. The number of halogens is 3. The smallest absolute Gasteiger partial charge is 0.406 e. The molecule has 0 aromatic heterocycles. The molecule has 2 unspecified atom stereocenters. The molecule has 1 aromatic carbocycles. The fourth-order valence-corrected chi connectivity index (χ4v) is 2.27. The van der Waals surface area contributed by atoms with Gasteiger partial charge in [-0.25, -0.2) is 0 Å². The van der Waals surface area contributed by atoms with Crippen molar-refractivity contribution in [2.24, 2.45) is 0 Å². The average molecular weight is 305 g/mol. The number of hydrogen-bond donors (Lipinski definition) is 1. The first-order valence-electron chi connectivity index (χ1n) is 6.94. The van der Waals surface area contributed by atoms with E-state index in [9.17, 15) is 13.2 Å². The lowest BCUT2D eigenvalue weighted by atomic mass is 9.98. The van der Waals surface area contributed by atoms with Gasteiger partial charge in [-0.2, -0.15) is 0 Å². The second-order valence-electron chi connectivity index (χ2n) is 4.85. The Labute approximate surface area is 123 Å². The number of methoxy groups -OCH3 is 1. The molecular formula is C15H22F3NO2. The zero-order valence-corrected chi connectivity index (χ0v) is 12.5. The number of rotatable bonds is 8. The van der Waals surface area contributed by atoms with Gasteiger partial charge in [-0.3, -0.25) is 0 Å². The van der Waals surface area contributed by atoms with Crippen LogP contribution in [0.4, 0.5) is 13.2 Å². The lowest BCUT2D eigenvalue weighted by molar-refractivity contribution is -0.274. The van der Waals surface area contributed by atoms with Crippen LogP contribution in [0.25, 0.3) is 0 Å². The lowest BCUT2D eigenvalue weighted by Gasteiger charge is -2.25. The Hall–Kier alpha value is -1.27. The number of alkyl halides is 3. The van der Waals surface area contributed by atoms with Gasteiger partial charge >= 0.3 is 6.36 Å². The predicted octanol–water partition coefficient (Wildman–Crippen LogP) is 3.53. The third-order valence-corrected chi connectivity index (χ3v) is 3.31. The largest absolute Gasteiger partial charge is 0.573 e. The number of hydrogen-bond acceptors (Lipinski definition) is 3. The number of nitrogens with one attached hydrogen (secondary N) is 1. The summed E-state index contributed by atoms with van der Waals surface area (Å²) in [5, 5.41) is 3.20. The number of ether oxygens (including phenoxy) is 2. The highest BCUT2D eigenvalue weighted by Gasteiger charge is 2.31. The minimum atomic E-state index is -4.66. The molecule has 0 aliphatic rings. The molecule has 0 spiro atoms. The summed E-state index contributed by atoms with van der Waals surface area (Å²) >= 11 is 0. The van der Waals surface area contributed by atoms with Crippen molar-refractivity contribution < 1.29 is 22.6 Å². The summed E-state index contributed by atoms with van der Waals surface area (Å²) in [4.78, 5) is 0. The summed E-state index contributed by atoms with van der Waals surface area (Å²) in [6, 6.07) is 6.06. The molecule has 1 rings (SSSR count). The molecular weight excluding hydrogens is 283 g/mol. The van der Waals surface area contributed by atoms with Crippen molar-refractivity contribution in [2.75, 3.05) is 14.2 Å².